The first-order chi connectivity index (χ1) is 16.7. The zero-order chi connectivity index (χ0) is 23.8. The summed E-state index contributed by atoms with van der Waals surface area (Å²) >= 11 is 0. The first kappa shape index (κ1) is 23.8. The maximum atomic E-state index is 11.6. The molecule has 4 rings (SSSR count). The molecule has 0 spiro atoms. The van der Waals surface area contributed by atoms with E-state index in [0.717, 1.165) is 42.8 Å². The average molecular weight is 465 g/mol. The summed E-state index contributed by atoms with van der Waals surface area (Å²) < 4.78 is 18.7. The van der Waals surface area contributed by atoms with Crippen LogP contribution in [0.25, 0.3) is 16.8 Å². The lowest BCUT2D eigenvalue weighted by molar-refractivity contribution is -0.255. The Labute approximate surface area is 199 Å². The molecule has 1 fully saturated rings. The molecule has 0 saturated carbocycles. The van der Waals surface area contributed by atoms with E-state index in [2.05, 4.69) is 16.9 Å². The van der Waals surface area contributed by atoms with Crippen molar-refractivity contribution in [2.75, 3.05) is 46.1 Å². The van der Waals surface area contributed by atoms with Gasteiger partial charge in [0.2, 0.25) is 5.88 Å². The van der Waals surface area contributed by atoms with Gasteiger partial charge in [-0.25, -0.2) is 4.68 Å². The number of benzene rings is 2. The third kappa shape index (κ3) is 5.76. The van der Waals surface area contributed by atoms with Crippen LogP contribution in [0.5, 0.6) is 11.6 Å². The largest absolute Gasteiger partial charge is 0.545 e. The predicted octanol–water partition coefficient (Wildman–Crippen LogP) is 2.79. The summed E-state index contributed by atoms with van der Waals surface area (Å²) in [6.07, 6.45) is 3.34. The molecule has 8 heteroatoms. The van der Waals surface area contributed by atoms with E-state index in [1.165, 1.54) is 10.9 Å². The van der Waals surface area contributed by atoms with Crippen molar-refractivity contribution in [1.82, 2.24) is 14.7 Å². The number of carboxylic acids is 1. The summed E-state index contributed by atoms with van der Waals surface area (Å²) in [7, 11) is 0. The number of aromatic carboxylic acids is 1. The highest BCUT2D eigenvalue weighted by atomic mass is 16.5. The number of carboxylic acid groups (broad SMARTS) is 1. The minimum Gasteiger partial charge on any atom is -0.545 e. The van der Waals surface area contributed by atoms with Crippen molar-refractivity contribution in [3.63, 3.8) is 0 Å². The smallest absolute Gasteiger partial charge is 0.226 e. The molecule has 0 atom stereocenters. The standard InChI is InChI=1S/C26H31N3O5/c1-2-3-15-33-24-7-5-4-6-22(24)20-8-10-21(11-9-20)29-25(23(19-27-29)26(30)31)34-18-14-28-12-16-32-17-13-28/h4-11,19H,2-3,12-18H2,1H3,(H,30,31)/p-1. The van der Waals surface area contributed by atoms with Gasteiger partial charge in [0.15, 0.2) is 0 Å². The van der Waals surface area contributed by atoms with E-state index in [1.807, 2.05) is 48.5 Å². The van der Waals surface area contributed by atoms with Gasteiger partial charge in [0.05, 0.1) is 43.2 Å². The highest BCUT2D eigenvalue weighted by Crippen LogP contribution is 2.31. The number of carbonyl (C=O) groups excluding carboxylic acids is 1. The van der Waals surface area contributed by atoms with Crippen molar-refractivity contribution in [2.45, 2.75) is 19.8 Å². The van der Waals surface area contributed by atoms with Crippen molar-refractivity contribution in [1.29, 1.82) is 0 Å². The maximum Gasteiger partial charge on any atom is 0.226 e. The SMILES string of the molecule is CCCCOc1ccccc1-c1ccc(-n2ncc(C(=O)[O-])c2OCCN2CCOCC2)cc1. The van der Waals surface area contributed by atoms with E-state index in [-0.39, 0.29) is 11.4 Å². The van der Waals surface area contributed by atoms with E-state index in [4.69, 9.17) is 14.2 Å². The number of rotatable bonds is 11. The quantitative estimate of drug-likeness (QED) is 0.403. The minimum absolute atomic E-state index is 0.0688. The zero-order valence-electron chi connectivity index (χ0n) is 19.4. The summed E-state index contributed by atoms with van der Waals surface area (Å²) in [6.45, 7) is 6.89. The van der Waals surface area contributed by atoms with Crippen LogP contribution in [0.3, 0.4) is 0 Å². The first-order valence-electron chi connectivity index (χ1n) is 11.7. The third-order valence-corrected chi connectivity index (χ3v) is 5.76. The normalized spacial score (nSPS) is 14.1. The number of hydrogen-bond donors (Lipinski definition) is 0. The Hall–Kier alpha value is -3.36. The van der Waals surface area contributed by atoms with Crippen molar-refractivity contribution in [2.24, 2.45) is 0 Å². The van der Waals surface area contributed by atoms with Gasteiger partial charge in [-0.1, -0.05) is 43.7 Å². The molecule has 1 aliphatic heterocycles. The van der Waals surface area contributed by atoms with Gasteiger partial charge in [0.25, 0.3) is 0 Å². The molecule has 34 heavy (non-hydrogen) atoms. The average Bonchev–Trinajstić information content (AvgIpc) is 3.29. The Kier molecular flexibility index (Phi) is 8.17. The molecule has 0 radical (unpaired) electrons. The maximum absolute atomic E-state index is 11.6. The van der Waals surface area contributed by atoms with E-state index < -0.39 is 5.97 Å². The molecule has 0 bridgehead atoms. The monoisotopic (exact) mass is 464 g/mol. The number of aromatic nitrogens is 2. The van der Waals surface area contributed by atoms with E-state index in [1.54, 1.807) is 0 Å². The number of ether oxygens (including phenoxy) is 3. The number of unbranched alkanes of at least 4 members (excludes halogenated alkanes) is 1. The lowest BCUT2D eigenvalue weighted by Crippen LogP contribution is -2.38. The van der Waals surface area contributed by atoms with Crippen LogP contribution < -0.4 is 14.6 Å². The van der Waals surface area contributed by atoms with Crippen molar-refractivity contribution in [3.05, 3.63) is 60.3 Å². The fourth-order valence-electron chi connectivity index (χ4n) is 3.84. The molecular formula is C26H30N3O5-. The number of para-hydroxylation sites is 1. The molecule has 0 N–H and O–H groups in total. The zero-order valence-corrected chi connectivity index (χ0v) is 19.4. The lowest BCUT2D eigenvalue weighted by atomic mass is 10.0. The van der Waals surface area contributed by atoms with Crippen LogP contribution in [-0.4, -0.2) is 66.7 Å². The van der Waals surface area contributed by atoms with Crippen LogP contribution in [0.4, 0.5) is 0 Å². The topological polar surface area (TPSA) is 88.9 Å². The van der Waals surface area contributed by atoms with Crippen molar-refractivity contribution >= 4 is 5.97 Å². The highest BCUT2D eigenvalue weighted by Gasteiger charge is 2.17. The van der Waals surface area contributed by atoms with Gasteiger partial charge in [-0.05, 0) is 30.2 Å². The summed E-state index contributed by atoms with van der Waals surface area (Å²) in [4.78, 5) is 13.9. The molecule has 2 heterocycles. The summed E-state index contributed by atoms with van der Waals surface area (Å²) in [6, 6.07) is 15.7. The molecule has 0 amide bonds. The fraction of sp³-hybridized carbons (Fsp3) is 0.385. The summed E-state index contributed by atoms with van der Waals surface area (Å²) in [5, 5.41) is 15.9. The molecule has 8 nitrogen and oxygen atoms in total. The van der Waals surface area contributed by atoms with Gasteiger partial charge in [0.1, 0.15) is 12.4 Å². The van der Waals surface area contributed by atoms with E-state index in [9.17, 15) is 9.90 Å². The lowest BCUT2D eigenvalue weighted by Gasteiger charge is -2.26. The van der Waals surface area contributed by atoms with Crippen LogP contribution in [0.1, 0.15) is 30.1 Å². The second-order valence-corrected chi connectivity index (χ2v) is 8.11. The molecule has 180 valence electrons. The minimum atomic E-state index is -1.32. The predicted molar refractivity (Wildman–Crippen MR) is 126 cm³/mol. The van der Waals surface area contributed by atoms with Gasteiger partial charge < -0.3 is 24.1 Å². The summed E-state index contributed by atoms with van der Waals surface area (Å²) in [5.41, 5.74) is 2.63. The van der Waals surface area contributed by atoms with Crippen molar-refractivity contribution in [3.8, 4) is 28.4 Å². The Morgan fingerprint density at radius 3 is 2.56 bits per heavy atom. The van der Waals surface area contributed by atoms with Gasteiger partial charge >= 0.3 is 0 Å². The van der Waals surface area contributed by atoms with Crippen LogP contribution in [0.15, 0.2) is 54.7 Å². The van der Waals surface area contributed by atoms with Gasteiger partial charge in [-0.15, -0.1) is 0 Å². The number of morpholine rings is 1. The highest BCUT2D eigenvalue weighted by molar-refractivity contribution is 5.88. The molecule has 0 aliphatic carbocycles. The van der Waals surface area contributed by atoms with Gasteiger partial charge in [0, 0.05) is 25.2 Å². The van der Waals surface area contributed by atoms with Crippen LogP contribution in [0, 0.1) is 0 Å². The Bertz CT molecular complexity index is 1070. The van der Waals surface area contributed by atoms with Gasteiger partial charge in [-0.3, -0.25) is 4.90 Å². The molecule has 2 aromatic carbocycles. The van der Waals surface area contributed by atoms with Crippen molar-refractivity contribution < 1.29 is 24.1 Å². The Morgan fingerprint density at radius 2 is 1.82 bits per heavy atom. The Balaban J connectivity index is 1.52. The Morgan fingerprint density at radius 1 is 1.06 bits per heavy atom. The van der Waals surface area contributed by atoms with E-state index in [0.29, 0.717) is 38.7 Å². The molecule has 1 aromatic heterocycles. The number of carbonyl (C=O) groups is 1. The van der Waals surface area contributed by atoms with Gasteiger partial charge in [-0.2, -0.15) is 5.10 Å². The molecule has 1 saturated heterocycles. The van der Waals surface area contributed by atoms with Crippen LogP contribution in [0.2, 0.25) is 0 Å². The van der Waals surface area contributed by atoms with E-state index >= 15 is 0 Å². The number of hydrogen-bond acceptors (Lipinski definition) is 7. The first-order valence-corrected chi connectivity index (χ1v) is 11.7. The third-order valence-electron chi connectivity index (χ3n) is 5.76. The fourth-order valence-corrected chi connectivity index (χ4v) is 3.84. The molecule has 3 aromatic rings. The van der Waals surface area contributed by atoms with Crippen LogP contribution in [-0.2, 0) is 4.74 Å². The number of nitrogens with zero attached hydrogens (tertiary/aromatic N) is 3. The molecular weight excluding hydrogens is 434 g/mol. The second kappa shape index (κ2) is 11.7. The molecule has 1 aliphatic rings. The summed E-state index contributed by atoms with van der Waals surface area (Å²) in [5.74, 6) is -0.305. The molecule has 0 unspecified atom stereocenters. The second-order valence-electron chi connectivity index (χ2n) is 8.11. The van der Waals surface area contributed by atoms with Crippen LogP contribution >= 0.6 is 0 Å².